The van der Waals surface area contributed by atoms with Crippen LogP contribution in [0.25, 0.3) is 5.57 Å². The van der Waals surface area contributed by atoms with Gasteiger partial charge in [0.1, 0.15) is 5.02 Å². The van der Waals surface area contributed by atoms with Crippen molar-refractivity contribution >= 4 is 27.2 Å². The molecule has 1 aromatic carbocycles. The molecule has 0 radical (unpaired) electrons. The van der Waals surface area contributed by atoms with E-state index in [4.69, 9.17) is 16.3 Å². The van der Waals surface area contributed by atoms with E-state index in [1.807, 2.05) is 18.2 Å². The Morgan fingerprint density at radius 1 is 1.13 bits per heavy atom. The highest BCUT2D eigenvalue weighted by Gasteiger charge is 2.26. The van der Waals surface area contributed by atoms with Crippen LogP contribution in [-0.2, 0) is 10.0 Å². The van der Waals surface area contributed by atoms with Crippen molar-refractivity contribution in [2.45, 2.75) is 30.6 Å². The van der Waals surface area contributed by atoms with Gasteiger partial charge in [-0.2, -0.15) is 4.31 Å². The van der Waals surface area contributed by atoms with Crippen LogP contribution in [0.4, 0.5) is 0 Å². The summed E-state index contributed by atoms with van der Waals surface area (Å²) in [6, 6.07) is 10.8. The van der Waals surface area contributed by atoms with Crippen molar-refractivity contribution in [2.24, 2.45) is 5.92 Å². The number of allylic oxidation sites excluding steroid dienone is 1. The Labute approximate surface area is 189 Å². The summed E-state index contributed by atoms with van der Waals surface area (Å²) >= 11 is 6.18. The fraction of sp³-hybridized carbons (Fsp3) is 0.435. The highest BCUT2D eigenvalue weighted by atomic mass is 35.5. The molecular formula is C23H28ClN3O3S. The van der Waals surface area contributed by atoms with Crippen molar-refractivity contribution < 1.29 is 13.2 Å². The quantitative estimate of drug-likeness (QED) is 0.705. The van der Waals surface area contributed by atoms with Gasteiger partial charge >= 0.3 is 0 Å². The van der Waals surface area contributed by atoms with Crippen molar-refractivity contribution in [3.05, 3.63) is 58.8 Å². The third-order valence-electron chi connectivity index (χ3n) is 5.96. The van der Waals surface area contributed by atoms with Crippen molar-refractivity contribution in [3.63, 3.8) is 0 Å². The third-order valence-corrected chi connectivity index (χ3v) is 8.16. The van der Waals surface area contributed by atoms with Gasteiger partial charge in [0.05, 0.1) is 17.7 Å². The summed E-state index contributed by atoms with van der Waals surface area (Å²) in [5, 5.41) is 3.65. The maximum absolute atomic E-state index is 13.0. The van der Waals surface area contributed by atoms with E-state index in [9.17, 15) is 8.42 Å². The molecule has 1 aliphatic heterocycles. The zero-order valence-electron chi connectivity index (χ0n) is 17.7. The minimum absolute atomic E-state index is 0.319. The first kappa shape index (κ1) is 22.3. The second-order valence-corrected chi connectivity index (χ2v) is 10.3. The molecule has 0 bridgehead atoms. The Hall–Kier alpha value is -1.93. The summed E-state index contributed by atoms with van der Waals surface area (Å²) in [7, 11) is -1.94. The van der Waals surface area contributed by atoms with Crippen molar-refractivity contribution in [1.82, 2.24) is 14.6 Å². The van der Waals surface area contributed by atoms with Crippen molar-refractivity contribution in [2.75, 3.05) is 33.3 Å². The minimum atomic E-state index is -3.49. The molecule has 1 N–H and O–H groups in total. The highest BCUT2D eigenvalue weighted by Crippen LogP contribution is 2.34. The van der Waals surface area contributed by atoms with E-state index in [-0.39, 0.29) is 0 Å². The van der Waals surface area contributed by atoms with Crippen LogP contribution in [-0.4, -0.2) is 51.0 Å². The second-order valence-electron chi connectivity index (χ2n) is 7.99. The van der Waals surface area contributed by atoms with E-state index in [0.717, 1.165) is 29.7 Å². The number of piperazine rings is 1. The van der Waals surface area contributed by atoms with E-state index >= 15 is 0 Å². The Morgan fingerprint density at radius 2 is 1.81 bits per heavy atom. The Morgan fingerprint density at radius 3 is 2.45 bits per heavy atom. The minimum Gasteiger partial charge on any atom is -0.480 e. The number of rotatable bonds is 6. The SMILES string of the molecule is COc1nc(/C(=C/C2CCCC2)c2ccc(S(=O)(=O)N3CCNCC3)cc2)ccc1Cl. The molecule has 0 spiro atoms. The number of methoxy groups -OCH3 is 1. The predicted octanol–water partition coefficient (Wildman–Crippen LogP) is 3.96. The molecule has 31 heavy (non-hydrogen) atoms. The van der Waals surface area contributed by atoms with Gasteiger partial charge in [0.15, 0.2) is 0 Å². The van der Waals surface area contributed by atoms with E-state index in [1.54, 1.807) is 29.6 Å². The van der Waals surface area contributed by atoms with E-state index < -0.39 is 10.0 Å². The number of hydrogen-bond donors (Lipinski definition) is 1. The molecule has 2 fully saturated rings. The third kappa shape index (κ3) is 4.95. The summed E-state index contributed by atoms with van der Waals surface area (Å²) in [6.07, 6.45) is 7.04. The van der Waals surface area contributed by atoms with Gasteiger partial charge in [-0.15, -0.1) is 0 Å². The number of pyridine rings is 1. The maximum atomic E-state index is 13.0. The molecule has 0 atom stereocenters. The summed E-state index contributed by atoms with van der Waals surface area (Å²) in [6.45, 7) is 2.34. The molecule has 1 saturated heterocycles. The van der Waals surface area contributed by atoms with Crippen LogP contribution in [0.5, 0.6) is 5.88 Å². The number of ether oxygens (including phenoxy) is 1. The molecular weight excluding hydrogens is 434 g/mol. The van der Waals surface area contributed by atoms with Crippen LogP contribution < -0.4 is 10.1 Å². The molecule has 4 rings (SSSR count). The summed E-state index contributed by atoms with van der Waals surface area (Å²) < 4.78 is 32.8. The molecule has 2 aliphatic rings. The van der Waals surface area contributed by atoms with Crippen LogP contribution in [0.15, 0.2) is 47.4 Å². The first-order chi connectivity index (χ1) is 15.0. The van der Waals surface area contributed by atoms with E-state index in [2.05, 4.69) is 16.4 Å². The number of halogens is 1. The average molecular weight is 462 g/mol. The van der Waals surface area contributed by atoms with Crippen LogP contribution in [0.2, 0.25) is 5.02 Å². The number of hydrogen-bond acceptors (Lipinski definition) is 5. The molecule has 166 valence electrons. The predicted molar refractivity (Wildman–Crippen MR) is 123 cm³/mol. The van der Waals surface area contributed by atoms with Gasteiger partial charge in [-0.05, 0) is 48.6 Å². The highest BCUT2D eigenvalue weighted by molar-refractivity contribution is 7.89. The molecule has 2 aromatic rings. The summed E-state index contributed by atoms with van der Waals surface area (Å²) in [4.78, 5) is 4.92. The van der Waals surface area contributed by atoms with Gasteiger partial charge < -0.3 is 10.1 Å². The normalized spacial score (nSPS) is 19.0. The van der Waals surface area contributed by atoms with Crippen molar-refractivity contribution in [3.8, 4) is 5.88 Å². The van der Waals surface area contributed by atoms with Crippen molar-refractivity contribution in [1.29, 1.82) is 0 Å². The van der Waals surface area contributed by atoms with Gasteiger partial charge in [0, 0.05) is 31.8 Å². The number of nitrogens with zero attached hydrogens (tertiary/aromatic N) is 2. The molecule has 0 unspecified atom stereocenters. The smallest absolute Gasteiger partial charge is 0.243 e. The first-order valence-corrected chi connectivity index (χ1v) is 12.5. The summed E-state index contributed by atoms with van der Waals surface area (Å²) in [5.74, 6) is 0.872. The monoisotopic (exact) mass is 461 g/mol. The lowest BCUT2D eigenvalue weighted by Gasteiger charge is -2.26. The van der Waals surface area contributed by atoms with Gasteiger partial charge in [-0.1, -0.05) is 42.7 Å². The van der Waals surface area contributed by atoms with Gasteiger partial charge in [0.25, 0.3) is 0 Å². The average Bonchev–Trinajstić information content (AvgIpc) is 3.32. The van der Waals surface area contributed by atoms with Crippen LogP contribution in [0.3, 0.4) is 0 Å². The Bertz CT molecular complexity index is 1040. The Kier molecular flexibility index (Phi) is 6.96. The number of sulfonamides is 1. The lowest BCUT2D eigenvalue weighted by Crippen LogP contribution is -2.46. The molecule has 8 heteroatoms. The van der Waals surface area contributed by atoms with Gasteiger partial charge in [-0.3, -0.25) is 0 Å². The number of nitrogens with one attached hydrogen (secondary N) is 1. The molecule has 6 nitrogen and oxygen atoms in total. The fourth-order valence-electron chi connectivity index (χ4n) is 4.25. The van der Waals surface area contributed by atoms with Gasteiger partial charge in [0.2, 0.25) is 15.9 Å². The molecule has 1 aliphatic carbocycles. The fourth-order valence-corrected chi connectivity index (χ4v) is 5.87. The zero-order chi connectivity index (χ0) is 21.8. The van der Waals surface area contributed by atoms with Gasteiger partial charge in [-0.25, -0.2) is 13.4 Å². The van der Waals surface area contributed by atoms with Crippen LogP contribution in [0, 0.1) is 5.92 Å². The van der Waals surface area contributed by atoms with E-state index in [0.29, 0.717) is 47.9 Å². The van der Waals surface area contributed by atoms with E-state index in [1.165, 1.54) is 12.8 Å². The Balaban J connectivity index is 1.69. The lowest BCUT2D eigenvalue weighted by molar-refractivity contribution is 0.360. The number of benzene rings is 1. The topological polar surface area (TPSA) is 71.5 Å². The molecule has 2 heterocycles. The molecule has 1 saturated carbocycles. The number of aromatic nitrogens is 1. The maximum Gasteiger partial charge on any atom is 0.243 e. The first-order valence-electron chi connectivity index (χ1n) is 10.7. The van der Waals surface area contributed by atoms with Crippen LogP contribution in [0.1, 0.15) is 36.9 Å². The van der Waals surface area contributed by atoms with Crippen LogP contribution >= 0.6 is 11.6 Å². The summed E-state index contributed by atoms with van der Waals surface area (Å²) in [5.41, 5.74) is 2.68. The largest absolute Gasteiger partial charge is 0.480 e. The molecule has 0 amide bonds. The zero-order valence-corrected chi connectivity index (χ0v) is 19.3. The standard InChI is InChI=1S/C23H28ClN3O3S/c1-30-23-21(24)10-11-22(26-23)20(16-17-4-2-3-5-17)18-6-8-19(9-7-18)31(28,29)27-14-12-25-13-15-27/h6-11,16-17,25H,2-5,12-15H2,1H3/b20-16+. The lowest BCUT2D eigenvalue weighted by atomic mass is 9.96. The second kappa shape index (κ2) is 9.69. The molecule has 1 aromatic heterocycles.